The predicted octanol–water partition coefficient (Wildman–Crippen LogP) is 11.0. The van der Waals surface area contributed by atoms with E-state index in [4.69, 9.17) is 9.47 Å². The van der Waals surface area contributed by atoms with Gasteiger partial charge in [-0.3, -0.25) is 0 Å². The average molecular weight is 503 g/mol. The van der Waals surface area contributed by atoms with Gasteiger partial charge < -0.3 is 9.47 Å². The van der Waals surface area contributed by atoms with E-state index in [2.05, 4.69) is 111 Å². The van der Waals surface area contributed by atoms with Crippen LogP contribution in [0.1, 0.15) is 63.5 Å². The second kappa shape index (κ2) is 12.6. The molecule has 0 aromatic heterocycles. The molecular weight excluding hydrogens is 464 g/mol. The molecule has 0 heterocycles. The SMILES string of the molecule is CCCCCc1ccc(Oc2c3ccccc3c(Oc3ccc(CCCCC)cc3)c3ccccc23)cc1. The van der Waals surface area contributed by atoms with Crippen LogP contribution in [-0.2, 0) is 12.8 Å². The number of benzene rings is 5. The normalized spacial score (nSPS) is 11.2. The maximum atomic E-state index is 6.60. The molecule has 2 heteroatoms. The molecule has 0 spiro atoms. The molecule has 0 saturated carbocycles. The number of fused-ring (bicyclic) bond motifs is 2. The monoisotopic (exact) mass is 502 g/mol. The van der Waals surface area contributed by atoms with Gasteiger partial charge in [0.25, 0.3) is 0 Å². The quantitative estimate of drug-likeness (QED) is 0.125. The summed E-state index contributed by atoms with van der Waals surface area (Å²) in [5, 5.41) is 4.18. The minimum absolute atomic E-state index is 0.854. The molecule has 0 atom stereocenters. The van der Waals surface area contributed by atoms with Crippen LogP contribution in [-0.4, -0.2) is 0 Å². The Bertz CT molecular complexity index is 1300. The molecule has 0 amide bonds. The number of hydrogen-bond donors (Lipinski definition) is 0. The maximum absolute atomic E-state index is 6.60. The van der Waals surface area contributed by atoms with Gasteiger partial charge in [-0.2, -0.15) is 0 Å². The summed E-state index contributed by atoms with van der Waals surface area (Å²) in [4.78, 5) is 0. The lowest BCUT2D eigenvalue weighted by Crippen LogP contribution is -1.94. The van der Waals surface area contributed by atoms with Crippen molar-refractivity contribution in [2.45, 2.75) is 65.2 Å². The summed E-state index contributed by atoms with van der Waals surface area (Å²) in [6.07, 6.45) is 9.72. The van der Waals surface area contributed by atoms with Gasteiger partial charge in [0.05, 0.1) is 0 Å². The lowest BCUT2D eigenvalue weighted by atomic mass is 10.0. The van der Waals surface area contributed by atoms with E-state index in [1.165, 1.54) is 49.7 Å². The standard InChI is InChI=1S/C36H38O2/c1-3-5-7-13-27-19-23-29(24-20-27)37-35-31-15-9-11-17-33(31)36(34-18-12-10-16-32(34)35)38-30-25-21-28(22-26-30)14-8-6-4-2/h9-12,15-26H,3-8,13-14H2,1-2H3. The van der Waals surface area contributed by atoms with Crippen molar-refractivity contribution in [2.75, 3.05) is 0 Å². The molecule has 5 aromatic rings. The number of unbranched alkanes of at least 4 members (excludes halogenated alkanes) is 4. The average Bonchev–Trinajstić information content (AvgIpc) is 2.96. The molecule has 0 radical (unpaired) electrons. The lowest BCUT2D eigenvalue weighted by Gasteiger charge is -2.18. The summed E-state index contributed by atoms with van der Waals surface area (Å²) in [7, 11) is 0. The molecule has 0 N–H and O–H groups in total. The van der Waals surface area contributed by atoms with Crippen LogP contribution in [0.2, 0.25) is 0 Å². The van der Waals surface area contributed by atoms with E-state index in [-0.39, 0.29) is 0 Å². The van der Waals surface area contributed by atoms with Gasteiger partial charge in [-0.25, -0.2) is 0 Å². The van der Waals surface area contributed by atoms with Crippen LogP contribution in [0, 0.1) is 0 Å². The number of rotatable bonds is 12. The van der Waals surface area contributed by atoms with Gasteiger partial charge in [-0.1, -0.05) is 112 Å². The minimum Gasteiger partial charge on any atom is -0.456 e. The van der Waals surface area contributed by atoms with E-state index < -0.39 is 0 Å². The summed E-state index contributed by atoms with van der Waals surface area (Å²) >= 11 is 0. The van der Waals surface area contributed by atoms with Crippen LogP contribution in [0.25, 0.3) is 21.5 Å². The van der Waals surface area contributed by atoms with Crippen LogP contribution in [0.15, 0.2) is 97.1 Å². The summed E-state index contributed by atoms with van der Waals surface area (Å²) in [6, 6.07) is 33.9. The second-order valence-corrected chi connectivity index (χ2v) is 10.2. The summed E-state index contributed by atoms with van der Waals surface area (Å²) in [5.74, 6) is 3.45. The van der Waals surface area contributed by atoms with Crippen molar-refractivity contribution >= 4 is 21.5 Å². The Morgan fingerprint density at radius 2 is 0.763 bits per heavy atom. The fourth-order valence-electron chi connectivity index (χ4n) is 5.11. The van der Waals surface area contributed by atoms with Crippen LogP contribution < -0.4 is 9.47 Å². The zero-order chi connectivity index (χ0) is 26.2. The van der Waals surface area contributed by atoms with Crippen molar-refractivity contribution in [2.24, 2.45) is 0 Å². The number of aryl methyl sites for hydroxylation is 2. The van der Waals surface area contributed by atoms with Crippen LogP contribution in [0.5, 0.6) is 23.0 Å². The van der Waals surface area contributed by atoms with E-state index in [1.807, 2.05) is 0 Å². The Hall–Kier alpha value is -3.78. The highest BCUT2D eigenvalue weighted by atomic mass is 16.5. The van der Waals surface area contributed by atoms with Crippen LogP contribution in [0.4, 0.5) is 0 Å². The Balaban J connectivity index is 1.48. The molecule has 0 unspecified atom stereocenters. The van der Waals surface area contributed by atoms with Crippen molar-refractivity contribution in [3.8, 4) is 23.0 Å². The molecule has 38 heavy (non-hydrogen) atoms. The second-order valence-electron chi connectivity index (χ2n) is 10.2. The molecule has 0 aliphatic heterocycles. The molecule has 5 rings (SSSR count). The minimum atomic E-state index is 0.854. The third-order valence-electron chi connectivity index (χ3n) is 7.26. The van der Waals surface area contributed by atoms with Gasteiger partial charge in [-0.15, -0.1) is 0 Å². The first kappa shape index (κ1) is 25.9. The fraction of sp³-hybridized carbons (Fsp3) is 0.278. The zero-order valence-corrected chi connectivity index (χ0v) is 22.7. The first-order valence-electron chi connectivity index (χ1n) is 14.2. The van der Waals surface area contributed by atoms with Gasteiger partial charge in [-0.05, 0) is 61.1 Å². The fourth-order valence-corrected chi connectivity index (χ4v) is 5.11. The Morgan fingerprint density at radius 1 is 0.421 bits per heavy atom. The van der Waals surface area contributed by atoms with E-state index in [0.29, 0.717) is 0 Å². The largest absolute Gasteiger partial charge is 0.456 e. The van der Waals surface area contributed by atoms with Crippen molar-refractivity contribution < 1.29 is 9.47 Å². The summed E-state index contributed by atoms with van der Waals surface area (Å²) in [5.41, 5.74) is 2.72. The topological polar surface area (TPSA) is 18.5 Å². The predicted molar refractivity (Wildman–Crippen MR) is 161 cm³/mol. The van der Waals surface area contributed by atoms with Crippen molar-refractivity contribution in [1.29, 1.82) is 0 Å². The molecule has 5 aromatic carbocycles. The Kier molecular flexibility index (Phi) is 8.60. The van der Waals surface area contributed by atoms with Gasteiger partial charge in [0.2, 0.25) is 0 Å². The molecule has 194 valence electrons. The van der Waals surface area contributed by atoms with Crippen LogP contribution in [0.3, 0.4) is 0 Å². The van der Waals surface area contributed by atoms with Gasteiger partial charge >= 0.3 is 0 Å². The smallest absolute Gasteiger partial charge is 0.143 e. The first-order valence-corrected chi connectivity index (χ1v) is 14.2. The summed E-state index contributed by atoms with van der Waals surface area (Å²) in [6.45, 7) is 4.49. The molecule has 0 fully saturated rings. The van der Waals surface area contributed by atoms with Gasteiger partial charge in [0.1, 0.15) is 23.0 Å². The molecule has 2 nitrogen and oxygen atoms in total. The maximum Gasteiger partial charge on any atom is 0.143 e. The van der Waals surface area contributed by atoms with E-state index >= 15 is 0 Å². The Morgan fingerprint density at radius 3 is 1.08 bits per heavy atom. The van der Waals surface area contributed by atoms with E-state index in [9.17, 15) is 0 Å². The first-order chi connectivity index (χ1) is 18.8. The van der Waals surface area contributed by atoms with Gasteiger partial charge in [0.15, 0.2) is 0 Å². The molecule has 0 aliphatic rings. The van der Waals surface area contributed by atoms with E-state index in [1.54, 1.807) is 0 Å². The zero-order valence-electron chi connectivity index (χ0n) is 22.7. The van der Waals surface area contributed by atoms with Crippen molar-refractivity contribution in [1.82, 2.24) is 0 Å². The molecule has 0 saturated heterocycles. The molecule has 0 bridgehead atoms. The highest BCUT2D eigenvalue weighted by Crippen LogP contribution is 2.45. The summed E-state index contributed by atoms with van der Waals surface area (Å²) < 4.78 is 13.2. The highest BCUT2D eigenvalue weighted by Gasteiger charge is 2.17. The highest BCUT2D eigenvalue weighted by molar-refractivity contribution is 6.11. The third kappa shape index (κ3) is 6.02. The third-order valence-corrected chi connectivity index (χ3v) is 7.26. The lowest BCUT2D eigenvalue weighted by molar-refractivity contribution is 0.485. The van der Waals surface area contributed by atoms with E-state index in [0.717, 1.165) is 57.4 Å². The molecule has 0 aliphatic carbocycles. The van der Waals surface area contributed by atoms with Gasteiger partial charge in [0, 0.05) is 21.5 Å². The number of hydrogen-bond acceptors (Lipinski definition) is 2. The molecular formula is C36H38O2. The van der Waals surface area contributed by atoms with Crippen molar-refractivity contribution in [3.05, 3.63) is 108 Å². The number of ether oxygens (including phenoxy) is 2. The van der Waals surface area contributed by atoms with Crippen LogP contribution >= 0.6 is 0 Å². The Labute approximate surface area is 227 Å². The van der Waals surface area contributed by atoms with Crippen molar-refractivity contribution in [3.63, 3.8) is 0 Å².